The van der Waals surface area contributed by atoms with Crippen LogP contribution < -0.4 is 0 Å². The van der Waals surface area contributed by atoms with Gasteiger partial charge in [-0.1, -0.05) is 12.2 Å². The summed E-state index contributed by atoms with van der Waals surface area (Å²) in [7, 11) is 0. The molecular weight excluding hydrogens is 190 g/mol. The van der Waals surface area contributed by atoms with Gasteiger partial charge in [0, 0.05) is 5.92 Å². The van der Waals surface area contributed by atoms with E-state index in [9.17, 15) is 4.79 Å². The fourth-order valence-electron chi connectivity index (χ4n) is 1.85. The zero-order valence-electron chi connectivity index (χ0n) is 9.32. The van der Waals surface area contributed by atoms with E-state index in [2.05, 4.69) is 6.07 Å². The van der Waals surface area contributed by atoms with E-state index < -0.39 is 11.4 Å². The number of nitriles is 1. The molecule has 0 fully saturated rings. The smallest absolute Gasteiger partial charge is 0.326 e. The molecule has 0 radical (unpaired) electrons. The van der Waals surface area contributed by atoms with Crippen LogP contribution in [0.3, 0.4) is 0 Å². The molecular formula is C12H17NO2. The number of carbonyl (C=O) groups excluding carboxylic acids is 1. The van der Waals surface area contributed by atoms with Crippen molar-refractivity contribution in [2.75, 3.05) is 6.61 Å². The summed E-state index contributed by atoms with van der Waals surface area (Å²) in [5.41, 5.74) is -1.02. The van der Waals surface area contributed by atoms with Crippen molar-refractivity contribution >= 4 is 5.97 Å². The molecule has 1 rings (SSSR count). The fourth-order valence-corrected chi connectivity index (χ4v) is 1.85. The summed E-state index contributed by atoms with van der Waals surface area (Å²) in [6, 6.07) is 2.11. The average molecular weight is 207 g/mol. The van der Waals surface area contributed by atoms with E-state index >= 15 is 0 Å². The Morgan fingerprint density at radius 3 is 2.93 bits per heavy atom. The number of allylic oxidation sites excluding steroid dienone is 2. The van der Waals surface area contributed by atoms with Crippen molar-refractivity contribution in [2.24, 2.45) is 11.3 Å². The molecule has 0 spiro atoms. The van der Waals surface area contributed by atoms with Gasteiger partial charge in [-0.15, -0.1) is 0 Å². The van der Waals surface area contributed by atoms with Gasteiger partial charge in [-0.3, -0.25) is 4.79 Å². The highest BCUT2D eigenvalue weighted by molar-refractivity contribution is 5.80. The third-order valence-corrected chi connectivity index (χ3v) is 2.93. The second kappa shape index (κ2) is 4.97. The van der Waals surface area contributed by atoms with E-state index in [1.165, 1.54) is 0 Å². The van der Waals surface area contributed by atoms with E-state index in [4.69, 9.17) is 10.00 Å². The molecule has 0 aromatic heterocycles. The Hall–Kier alpha value is -1.30. The zero-order valence-corrected chi connectivity index (χ0v) is 9.32. The number of hydrogen-bond donors (Lipinski definition) is 0. The number of esters is 1. The molecule has 0 amide bonds. The van der Waals surface area contributed by atoms with Gasteiger partial charge in [-0.2, -0.15) is 5.26 Å². The van der Waals surface area contributed by atoms with Crippen molar-refractivity contribution in [1.82, 2.24) is 0 Å². The van der Waals surface area contributed by atoms with E-state index in [1.807, 2.05) is 12.2 Å². The van der Waals surface area contributed by atoms with E-state index in [1.54, 1.807) is 13.8 Å². The van der Waals surface area contributed by atoms with Crippen LogP contribution >= 0.6 is 0 Å². The maximum Gasteiger partial charge on any atom is 0.326 e. The maximum absolute atomic E-state index is 11.7. The standard InChI is InChI=1S/C12H17NO2/c1-3-15-11(14)12(2,9-13)10-7-5-4-6-8-10/h5,7,10H,3-4,6,8H2,1-2H3/t10-,12-/m1/s1. The van der Waals surface area contributed by atoms with Gasteiger partial charge in [0.15, 0.2) is 5.41 Å². The predicted octanol–water partition coefficient (Wildman–Crippen LogP) is 2.44. The molecule has 1 aliphatic carbocycles. The normalized spacial score (nSPS) is 23.9. The summed E-state index contributed by atoms with van der Waals surface area (Å²) in [4.78, 5) is 11.7. The molecule has 3 heteroatoms. The van der Waals surface area contributed by atoms with Crippen LogP contribution in [0.5, 0.6) is 0 Å². The molecule has 15 heavy (non-hydrogen) atoms. The van der Waals surface area contributed by atoms with Gasteiger partial charge in [0.05, 0.1) is 12.7 Å². The lowest BCUT2D eigenvalue weighted by Crippen LogP contribution is -2.36. The van der Waals surface area contributed by atoms with E-state index in [0.29, 0.717) is 6.61 Å². The first-order chi connectivity index (χ1) is 7.15. The van der Waals surface area contributed by atoms with Crippen molar-refractivity contribution in [1.29, 1.82) is 5.26 Å². The largest absolute Gasteiger partial charge is 0.465 e. The highest BCUT2D eigenvalue weighted by Crippen LogP contribution is 2.35. The molecule has 3 nitrogen and oxygen atoms in total. The molecule has 2 atom stereocenters. The lowest BCUT2D eigenvalue weighted by Gasteiger charge is -2.28. The van der Waals surface area contributed by atoms with E-state index in [-0.39, 0.29) is 5.92 Å². The molecule has 0 heterocycles. The SMILES string of the molecule is CCOC(=O)[C@](C)(C#N)[C@@H]1C=CCCC1. The molecule has 1 aliphatic rings. The van der Waals surface area contributed by atoms with Gasteiger partial charge in [-0.05, 0) is 33.1 Å². The van der Waals surface area contributed by atoms with Crippen LogP contribution in [0.4, 0.5) is 0 Å². The summed E-state index contributed by atoms with van der Waals surface area (Å²) < 4.78 is 4.96. The second-order valence-corrected chi connectivity index (χ2v) is 4.00. The monoisotopic (exact) mass is 207 g/mol. The second-order valence-electron chi connectivity index (χ2n) is 4.00. The Kier molecular flexibility index (Phi) is 3.90. The lowest BCUT2D eigenvalue weighted by atomic mass is 9.74. The van der Waals surface area contributed by atoms with Gasteiger partial charge < -0.3 is 4.74 Å². The fraction of sp³-hybridized carbons (Fsp3) is 0.667. The van der Waals surface area contributed by atoms with E-state index in [0.717, 1.165) is 19.3 Å². The Bertz CT molecular complexity index is 303. The van der Waals surface area contributed by atoms with Crippen LogP contribution in [0.25, 0.3) is 0 Å². The van der Waals surface area contributed by atoms with Crippen molar-refractivity contribution in [3.63, 3.8) is 0 Å². The Morgan fingerprint density at radius 2 is 2.47 bits per heavy atom. The number of ether oxygens (including phenoxy) is 1. The quantitative estimate of drug-likeness (QED) is 0.527. The first kappa shape index (κ1) is 11.8. The molecule has 0 saturated carbocycles. The first-order valence-corrected chi connectivity index (χ1v) is 5.40. The van der Waals surface area contributed by atoms with Gasteiger partial charge >= 0.3 is 5.97 Å². The molecule has 0 bridgehead atoms. The third kappa shape index (κ3) is 2.38. The van der Waals surface area contributed by atoms with Crippen LogP contribution in [0.2, 0.25) is 0 Å². The van der Waals surface area contributed by atoms with Gasteiger partial charge in [0.25, 0.3) is 0 Å². The topological polar surface area (TPSA) is 50.1 Å². The maximum atomic E-state index is 11.7. The average Bonchev–Trinajstić information content (AvgIpc) is 2.29. The summed E-state index contributed by atoms with van der Waals surface area (Å²) in [6.07, 6.45) is 6.99. The molecule has 0 aromatic rings. The minimum atomic E-state index is -1.02. The van der Waals surface area contributed by atoms with Crippen molar-refractivity contribution in [2.45, 2.75) is 33.1 Å². The highest BCUT2D eigenvalue weighted by Gasteiger charge is 2.42. The van der Waals surface area contributed by atoms with Gasteiger partial charge in [0.2, 0.25) is 0 Å². The Balaban J connectivity index is 2.84. The zero-order chi connectivity index (χ0) is 11.3. The molecule has 0 aromatic carbocycles. The third-order valence-electron chi connectivity index (χ3n) is 2.93. The molecule has 0 aliphatic heterocycles. The van der Waals surface area contributed by atoms with Crippen molar-refractivity contribution in [3.05, 3.63) is 12.2 Å². The Morgan fingerprint density at radius 1 is 1.73 bits per heavy atom. The highest BCUT2D eigenvalue weighted by atomic mass is 16.5. The van der Waals surface area contributed by atoms with Gasteiger partial charge in [-0.25, -0.2) is 0 Å². The van der Waals surface area contributed by atoms with Crippen molar-refractivity contribution < 1.29 is 9.53 Å². The van der Waals surface area contributed by atoms with Crippen LogP contribution in [0.1, 0.15) is 33.1 Å². The van der Waals surface area contributed by atoms with Crippen LogP contribution in [-0.2, 0) is 9.53 Å². The van der Waals surface area contributed by atoms with Crippen molar-refractivity contribution in [3.8, 4) is 6.07 Å². The van der Waals surface area contributed by atoms with Crippen LogP contribution in [0.15, 0.2) is 12.2 Å². The summed E-state index contributed by atoms with van der Waals surface area (Å²) >= 11 is 0. The molecule has 0 unspecified atom stereocenters. The summed E-state index contributed by atoms with van der Waals surface area (Å²) in [5, 5.41) is 9.15. The minimum Gasteiger partial charge on any atom is -0.465 e. The lowest BCUT2D eigenvalue weighted by molar-refractivity contribution is -0.153. The number of nitrogens with zero attached hydrogens (tertiary/aromatic N) is 1. The van der Waals surface area contributed by atoms with Crippen LogP contribution in [0, 0.1) is 22.7 Å². The molecule has 0 N–H and O–H groups in total. The minimum absolute atomic E-state index is 0.00435. The molecule has 0 saturated heterocycles. The van der Waals surface area contributed by atoms with Crippen LogP contribution in [-0.4, -0.2) is 12.6 Å². The summed E-state index contributed by atoms with van der Waals surface area (Å²) in [6.45, 7) is 3.75. The number of rotatable bonds is 3. The first-order valence-electron chi connectivity index (χ1n) is 5.40. The number of carbonyl (C=O) groups is 1. The Labute approximate surface area is 90.7 Å². The number of hydrogen-bond acceptors (Lipinski definition) is 3. The summed E-state index contributed by atoms with van der Waals surface area (Å²) in [5.74, 6) is -0.403. The molecule has 82 valence electrons. The van der Waals surface area contributed by atoms with Gasteiger partial charge in [0.1, 0.15) is 0 Å². The predicted molar refractivity (Wildman–Crippen MR) is 56.8 cm³/mol.